The Balaban J connectivity index is 0.915. The van der Waals surface area contributed by atoms with E-state index in [1.54, 1.807) is 0 Å². The molecule has 2 heteroatoms. The summed E-state index contributed by atoms with van der Waals surface area (Å²) >= 11 is 0. The van der Waals surface area contributed by atoms with Crippen LogP contribution in [0.4, 0.5) is 0 Å². The molecular weight excluding hydrogens is 917 g/mol. The van der Waals surface area contributed by atoms with Crippen LogP contribution < -0.4 is 0 Å². The third-order valence-electron chi connectivity index (χ3n) is 15.8. The van der Waals surface area contributed by atoms with Crippen molar-refractivity contribution < 1.29 is 0 Å². The van der Waals surface area contributed by atoms with Gasteiger partial charge in [-0.1, -0.05) is 224 Å². The largest absolute Gasteiger partial charge is 0.292 e. The van der Waals surface area contributed by atoms with E-state index in [1.165, 1.54) is 115 Å². The van der Waals surface area contributed by atoms with Crippen LogP contribution in [0.25, 0.3) is 138 Å². The lowest BCUT2D eigenvalue weighted by Crippen LogP contribution is -1.99. The number of hydrogen-bond donors (Lipinski definition) is 0. The van der Waals surface area contributed by atoms with Crippen molar-refractivity contribution in [3.63, 3.8) is 0 Å². The fourth-order valence-corrected chi connectivity index (χ4v) is 12.4. The van der Waals surface area contributed by atoms with Gasteiger partial charge in [0.2, 0.25) is 0 Å². The topological polar surface area (TPSA) is 17.8 Å². The van der Waals surface area contributed by atoms with E-state index in [0.717, 1.165) is 40.1 Å². The molecule has 0 amide bonds. The molecule has 0 bridgehead atoms. The van der Waals surface area contributed by atoms with Crippen LogP contribution in [0.15, 0.2) is 273 Å². The molecule has 354 valence electrons. The van der Waals surface area contributed by atoms with Gasteiger partial charge < -0.3 is 0 Å². The standard InChI is InChI=1S/C74H48N2/c1-2-28-59(29-3-1)76-69-38-15-14-37-68(69)75-74(76)58-27-17-26-55(46-58)71-62-32-10-8-30-60(62)70(61-31-9-11-33-63(61)71)54-25-16-23-52(45-54)53-24-18-36-66-67(47-53)73(57-42-40-49-20-5-7-22-51(49)44-57)65-35-13-12-34-64(65)72(66)56-41-39-48-19-4-6-21-50(48)43-56/h1-35,37-47H,36H2. The molecule has 0 saturated carbocycles. The van der Waals surface area contributed by atoms with Crippen molar-refractivity contribution in [3.05, 3.63) is 290 Å². The number of fused-ring (bicyclic) bond motifs is 7. The number of rotatable bonds is 7. The van der Waals surface area contributed by atoms with Crippen molar-refractivity contribution in [2.24, 2.45) is 0 Å². The SMILES string of the molecule is C1=CC(c2cccc(-c3c4ccccc4c(-c4cccc(-c5nc6ccccc6n5-c5ccccc5)c4)c4ccccc34)c2)=Cc2c(c(-c3ccc4ccccc4c3)c3ccccc3c2-c2ccc3ccccc3c2)C1. The minimum Gasteiger partial charge on any atom is -0.292 e. The van der Waals surface area contributed by atoms with Crippen LogP contribution in [0.5, 0.6) is 0 Å². The number of aromatic nitrogens is 2. The molecule has 0 N–H and O–H groups in total. The molecule has 1 aromatic heterocycles. The monoisotopic (exact) mass is 964 g/mol. The molecule has 14 aromatic rings. The maximum Gasteiger partial charge on any atom is 0.145 e. The Hall–Kier alpha value is -9.89. The summed E-state index contributed by atoms with van der Waals surface area (Å²) in [5.74, 6) is 0.920. The van der Waals surface area contributed by atoms with Gasteiger partial charge in [-0.15, -0.1) is 0 Å². The van der Waals surface area contributed by atoms with Gasteiger partial charge >= 0.3 is 0 Å². The number of allylic oxidation sites excluding steroid dienone is 3. The Morgan fingerprint density at radius 3 is 1.41 bits per heavy atom. The second kappa shape index (κ2) is 17.9. The van der Waals surface area contributed by atoms with E-state index in [1.807, 2.05) is 0 Å². The zero-order valence-electron chi connectivity index (χ0n) is 41.7. The highest BCUT2D eigenvalue weighted by Crippen LogP contribution is 2.48. The van der Waals surface area contributed by atoms with Gasteiger partial charge in [-0.25, -0.2) is 4.98 Å². The van der Waals surface area contributed by atoms with Crippen LogP contribution in [-0.2, 0) is 6.42 Å². The number of benzene rings is 13. The Bertz CT molecular complexity index is 4670. The molecule has 2 nitrogen and oxygen atoms in total. The Kier molecular flexibility index (Phi) is 10.3. The average Bonchev–Trinajstić information content (AvgIpc) is 3.83. The summed E-state index contributed by atoms with van der Waals surface area (Å²) in [6.45, 7) is 0. The van der Waals surface area contributed by atoms with Crippen LogP contribution in [0.1, 0.15) is 16.7 Å². The zero-order valence-corrected chi connectivity index (χ0v) is 41.7. The fourth-order valence-electron chi connectivity index (χ4n) is 12.4. The number of hydrogen-bond acceptors (Lipinski definition) is 1. The van der Waals surface area contributed by atoms with Crippen molar-refractivity contribution in [1.29, 1.82) is 0 Å². The smallest absolute Gasteiger partial charge is 0.145 e. The minimum atomic E-state index is 0.797. The zero-order chi connectivity index (χ0) is 50.1. The molecule has 0 unspecified atom stereocenters. The summed E-state index contributed by atoms with van der Waals surface area (Å²) < 4.78 is 2.29. The van der Waals surface area contributed by atoms with Gasteiger partial charge in [0, 0.05) is 11.3 Å². The van der Waals surface area contributed by atoms with Crippen molar-refractivity contribution in [3.8, 4) is 61.6 Å². The maximum atomic E-state index is 5.26. The highest BCUT2D eigenvalue weighted by atomic mass is 15.1. The summed E-state index contributed by atoms with van der Waals surface area (Å²) in [6, 6.07) is 95.6. The Morgan fingerprint density at radius 1 is 0.329 bits per heavy atom. The number of nitrogens with zero attached hydrogens (tertiary/aromatic N) is 2. The van der Waals surface area contributed by atoms with E-state index < -0.39 is 0 Å². The molecule has 0 fully saturated rings. The Morgan fingerprint density at radius 2 is 0.789 bits per heavy atom. The quantitative estimate of drug-likeness (QED) is 0.146. The molecular formula is C74H48N2. The summed E-state index contributed by atoms with van der Waals surface area (Å²) in [5.41, 5.74) is 19.0. The van der Waals surface area contributed by atoms with Crippen molar-refractivity contribution in [2.45, 2.75) is 6.42 Å². The first-order chi connectivity index (χ1) is 37.7. The van der Waals surface area contributed by atoms with Gasteiger partial charge in [-0.05, 0) is 182 Å². The first-order valence-electron chi connectivity index (χ1n) is 26.3. The molecule has 13 aromatic carbocycles. The summed E-state index contributed by atoms with van der Waals surface area (Å²) in [6.07, 6.45) is 8.02. The second-order valence-corrected chi connectivity index (χ2v) is 20.1. The van der Waals surface area contributed by atoms with E-state index >= 15 is 0 Å². The summed E-state index contributed by atoms with van der Waals surface area (Å²) in [7, 11) is 0. The van der Waals surface area contributed by atoms with Crippen LogP contribution in [-0.4, -0.2) is 9.55 Å². The summed E-state index contributed by atoms with van der Waals surface area (Å²) in [5, 5.41) is 12.4. The predicted octanol–water partition coefficient (Wildman–Crippen LogP) is 19.8. The molecule has 15 rings (SSSR count). The highest BCUT2D eigenvalue weighted by Gasteiger charge is 2.24. The van der Waals surface area contributed by atoms with Crippen LogP contribution in [0.2, 0.25) is 0 Å². The van der Waals surface area contributed by atoms with Gasteiger partial charge in [0.05, 0.1) is 11.0 Å². The third kappa shape index (κ3) is 7.22. The van der Waals surface area contributed by atoms with E-state index in [0.29, 0.717) is 0 Å². The third-order valence-corrected chi connectivity index (χ3v) is 15.8. The highest BCUT2D eigenvalue weighted by molar-refractivity contribution is 6.22. The average molecular weight is 965 g/mol. The molecule has 1 heterocycles. The molecule has 0 spiro atoms. The van der Waals surface area contributed by atoms with E-state index in [9.17, 15) is 0 Å². The van der Waals surface area contributed by atoms with E-state index in [-0.39, 0.29) is 0 Å². The van der Waals surface area contributed by atoms with Crippen molar-refractivity contribution >= 4 is 76.5 Å². The molecule has 1 aliphatic rings. The first-order valence-corrected chi connectivity index (χ1v) is 26.3. The Labute approximate surface area is 441 Å². The lowest BCUT2D eigenvalue weighted by atomic mass is 9.81. The number of imidazole rings is 1. The normalized spacial score (nSPS) is 12.4. The van der Waals surface area contributed by atoms with E-state index in [4.69, 9.17) is 4.98 Å². The van der Waals surface area contributed by atoms with Crippen LogP contribution >= 0.6 is 0 Å². The molecule has 1 aliphatic carbocycles. The fraction of sp³-hybridized carbons (Fsp3) is 0.0135. The van der Waals surface area contributed by atoms with Gasteiger partial charge in [0.15, 0.2) is 0 Å². The predicted molar refractivity (Wildman–Crippen MR) is 323 cm³/mol. The molecule has 0 atom stereocenters. The summed E-state index contributed by atoms with van der Waals surface area (Å²) in [4.78, 5) is 5.26. The van der Waals surface area contributed by atoms with Crippen molar-refractivity contribution in [1.82, 2.24) is 9.55 Å². The second-order valence-electron chi connectivity index (χ2n) is 20.1. The van der Waals surface area contributed by atoms with Gasteiger partial charge in [0.1, 0.15) is 5.82 Å². The molecule has 0 radical (unpaired) electrons. The molecule has 76 heavy (non-hydrogen) atoms. The van der Waals surface area contributed by atoms with E-state index in [2.05, 4.69) is 284 Å². The molecule has 0 aliphatic heterocycles. The van der Waals surface area contributed by atoms with Gasteiger partial charge in [0.25, 0.3) is 0 Å². The lowest BCUT2D eigenvalue weighted by molar-refractivity contribution is 1.10. The van der Waals surface area contributed by atoms with Crippen LogP contribution in [0, 0.1) is 0 Å². The maximum absolute atomic E-state index is 5.26. The number of para-hydroxylation sites is 3. The molecule has 0 saturated heterocycles. The van der Waals surface area contributed by atoms with Crippen molar-refractivity contribution in [2.75, 3.05) is 0 Å². The van der Waals surface area contributed by atoms with Gasteiger partial charge in [-0.3, -0.25) is 4.57 Å². The minimum absolute atomic E-state index is 0.797. The van der Waals surface area contributed by atoms with Crippen LogP contribution in [0.3, 0.4) is 0 Å². The van der Waals surface area contributed by atoms with Gasteiger partial charge in [-0.2, -0.15) is 0 Å². The lowest BCUT2D eigenvalue weighted by Gasteiger charge is -2.22. The first kappa shape index (κ1) is 43.7.